The molecule has 0 bridgehead atoms. The van der Waals surface area contributed by atoms with Crippen molar-refractivity contribution in [2.75, 3.05) is 0 Å². The molecule has 0 fully saturated rings. The van der Waals surface area contributed by atoms with Crippen LogP contribution in [0, 0.1) is 0 Å². The van der Waals surface area contributed by atoms with Crippen molar-refractivity contribution in [2.24, 2.45) is 0 Å². The Morgan fingerprint density at radius 3 is 1.96 bits per heavy atom. The van der Waals surface area contributed by atoms with Crippen molar-refractivity contribution in [1.82, 2.24) is 9.97 Å². The minimum Gasteiger partial charge on any atom is -0.478 e. The van der Waals surface area contributed by atoms with Gasteiger partial charge in [-0.2, -0.15) is 0 Å². The number of rotatable bonds is 3. The number of aromatic carboxylic acids is 1. The van der Waals surface area contributed by atoms with E-state index in [1.807, 2.05) is 48.5 Å². The number of pyridine rings is 2. The molecule has 2 heterocycles. The Labute approximate surface area is 158 Å². The summed E-state index contributed by atoms with van der Waals surface area (Å²) in [6.07, 6.45) is 0. The van der Waals surface area contributed by atoms with Crippen LogP contribution in [0.25, 0.3) is 43.6 Å². The van der Waals surface area contributed by atoms with E-state index in [9.17, 15) is 14.7 Å². The Balaban J connectivity index is 2.10. The van der Waals surface area contributed by atoms with Gasteiger partial charge in [-0.1, -0.05) is 36.4 Å². The first kappa shape index (κ1) is 16.1. The number of ether oxygens (including phenoxy) is 1. The second-order valence-electron chi connectivity index (χ2n) is 6.38. The van der Waals surface area contributed by atoms with Crippen molar-refractivity contribution in [2.45, 2.75) is 0 Å². The molecule has 134 valence electrons. The van der Waals surface area contributed by atoms with E-state index < -0.39 is 5.97 Å². The molecule has 1 N–H and O–H groups in total. The van der Waals surface area contributed by atoms with Crippen LogP contribution in [0.3, 0.4) is 0 Å². The number of fused-ring (bicyclic) bond motifs is 5. The quantitative estimate of drug-likeness (QED) is 0.290. The largest absolute Gasteiger partial charge is 0.478 e. The lowest BCUT2D eigenvalue weighted by molar-refractivity contribution is -0.120. The number of carbonyl (C=O) groups excluding carboxylic acids is 1. The number of carbonyl (C=O) groups is 2. The first-order valence-electron chi connectivity index (χ1n) is 8.56. The van der Waals surface area contributed by atoms with Crippen molar-refractivity contribution in [3.63, 3.8) is 0 Å². The van der Waals surface area contributed by atoms with E-state index in [-0.39, 0.29) is 17.8 Å². The minimum absolute atomic E-state index is 0.0275. The minimum atomic E-state index is -1.20. The molecule has 28 heavy (non-hydrogen) atoms. The fourth-order valence-electron chi connectivity index (χ4n) is 3.60. The summed E-state index contributed by atoms with van der Waals surface area (Å²) in [4.78, 5) is 32.7. The summed E-state index contributed by atoms with van der Waals surface area (Å²) in [6.45, 7) is 0.233. The number of hydrogen-bond acceptors (Lipinski definition) is 5. The van der Waals surface area contributed by atoms with Gasteiger partial charge in [-0.3, -0.25) is 4.79 Å². The molecule has 0 aliphatic rings. The number of benzene rings is 3. The Bertz CT molecular complexity index is 1440. The maximum Gasteiger partial charge on any atom is 0.340 e. The lowest BCUT2D eigenvalue weighted by Gasteiger charge is -2.13. The second-order valence-corrected chi connectivity index (χ2v) is 6.38. The van der Waals surface area contributed by atoms with Crippen molar-refractivity contribution in [3.8, 4) is 5.75 Å². The molecule has 0 saturated heterocycles. The molecule has 0 saturated carbocycles. The van der Waals surface area contributed by atoms with Gasteiger partial charge in [-0.15, -0.1) is 0 Å². The predicted molar refractivity (Wildman–Crippen MR) is 106 cm³/mol. The summed E-state index contributed by atoms with van der Waals surface area (Å²) in [5.41, 5.74) is 2.30. The molecule has 2 aromatic heterocycles. The van der Waals surface area contributed by atoms with Crippen LogP contribution in [0.4, 0.5) is 0 Å². The molecule has 6 nitrogen and oxygen atoms in total. The highest BCUT2D eigenvalue weighted by Crippen LogP contribution is 2.39. The van der Waals surface area contributed by atoms with Crippen LogP contribution < -0.4 is 4.74 Å². The van der Waals surface area contributed by atoms with Gasteiger partial charge in [0.25, 0.3) is 6.47 Å². The van der Waals surface area contributed by atoms with Crippen LogP contribution in [0.15, 0.2) is 60.7 Å². The van der Waals surface area contributed by atoms with E-state index in [2.05, 4.69) is 4.98 Å². The van der Waals surface area contributed by atoms with Crippen molar-refractivity contribution in [1.29, 1.82) is 0 Å². The third-order valence-electron chi connectivity index (χ3n) is 4.79. The first-order chi connectivity index (χ1) is 13.7. The molecule has 3 aromatic carbocycles. The van der Waals surface area contributed by atoms with Gasteiger partial charge in [-0.05, 0) is 24.3 Å². The molecular weight excluding hydrogens is 356 g/mol. The highest BCUT2D eigenvalue weighted by atomic mass is 16.5. The number of para-hydroxylation sites is 2. The van der Waals surface area contributed by atoms with Gasteiger partial charge in [0.15, 0.2) is 5.75 Å². The monoisotopic (exact) mass is 368 g/mol. The van der Waals surface area contributed by atoms with Crippen molar-refractivity contribution >= 4 is 56.1 Å². The van der Waals surface area contributed by atoms with Crippen LogP contribution in [-0.4, -0.2) is 27.5 Å². The third kappa shape index (κ3) is 2.28. The van der Waals surface area contributed by atoms with Gasteiger partial charge in [0.2, 0.25) is 0 Å². The zero-order chi connectivity index (χ0) is 19.3. The number of aromatic nitrogens is 2. The molecule has 0 aliphatic heterocycles. The zero-order valence-electron chi connectivity index (χ0n) is 14.4. The molecule has 0 amide bonds. The topological polar surface area (TPSA) is 89.4 Å². The summed E-state index contributed by atoms with van der Waals surface area (Å²) in [5, 5.41) is 12.3. The average Bonchev–Trinajstić information content (AvgIpc) is 2.71. The number of hydrogen-bond donors (Lipinski definition) is 1. The molecular formula is C22H12N2O4. The Hall–Kier alpha value is -4.06. The molecule has 6 heteroatoms. The van der Waals surface area contributed by atoms with Crippen molar-refractivity contribution < 1.29 is 19.4 Å². The van der Waals surface area contributed by atoms with Crippen LogP contribution in [0.2, 0.25) is 0 Å². The summed E-state index contributed by atoms with van der Waals surface area (Å²) in [7, 11) is 0. The maximum absolute atomic E-state index is 12.1. The van der Waals surface area contributed by atoms with E-state index in [1.165, 1.54) is 0 Å². The van der Waals surface area contributed by atoms with Gasteiger partial charge in [0.1, 0.15) is 11.1 Å². The van der Waals surface area contributed by atoms with Crippen LogP contribution in [0.5, 0.6) is 5.75 Å². The van der Waals surface area contributed by atoms with E-state index in [0.29, 0.717) is 21.8 Å². The average molecular weight is 368 g/mol. The van der Waals surface area contributed by atoms with Crippen LogP contribution >= 0.6 is 0 Å². The highest BCUT2D eigenvalue weighted by Gasteiger charge is 2.23. The van der Waals surface area contributed by atoms with E-state index in [4.69, 9.17) is 9.72 Å². The first-order valence-corrected chi connectivity index (χ1v) is 8.56. The predicted octanol–water partition coefficient (Wildman–Crippen LogP) is 4.32. The SMILES string of the molecule is O=COc1c(C(=O)O)c2cc3ccccc3nc2c2nc3ccccc3cc12. The molecule has 0 spiro atoms. The summed E-state index contributed by atoms with van der Waals surface area (Å²) in [5.74, 6) is -1.23. The van der Waals surface area contributed by atoms with E-state index in [1.54, 1.807) is 12.1 Å². The Morgan fingerprint density at radius 1 is 0.857 bits per heavy atom. The standard InChI is InChI=1S/C22H12N2O4/c25-11-28-21-15-10-13-6-2-4-8-17(13)24-20(15)19-14(18(21)22(26)27)9-12-5-1-3-7-16(12)23-19/h1-11H,(H,26,27). The lowest BCUT2D eigenvalue weighted by atomic mass is 9.99. The number of carboxylic acid groups (broad SMARTS) is 1. The van der Waals surface area contributed by atoms with Gasteiger partial charge in [0, 0.05) is 21.5 Å². The zero-order valence-corrected chi connectivity index (χ0v) is 14.4. The fraction of sp³-hybridized carbons (Fsp3) is 0. The molecule has 0 aliphatic carbocycles. The molecule has 5 rings (SSSR count). The fourth-order valence-corrected chi connectivity index (χ4v) is 3.60. The Kier molecular flexibility index (Phi) is 3.45. The summed E-state index contributed by atoms with van der Waals surface area (Å²) in [6, 6.07) is 18.4. The lowest BCUT2D eigenvalue weighted by Crippen LogP contribution is -2.05. The van der Waals surface area contributed by atoms with E-state index in [0.717, 1.165) is 21.8 Å². The molecule has 0 unspecified atom stereocenters. The van der Waals surface area contributed by atoms with Crippen molar-refractivity contribution in [3.05, 3.63) is 66.2 Å². The summed E-state index contributed by atoms with van der Waals surface area (Å²) < 4.78 is 5.15. The highest BCUT2D eigenvalue weighted by molar-refractivity contribution is 6.20. The van der Waals surface area contributed by atoms with Gasteiger partial charge in [0.05, 0.1) is 16.6 Å². The Morgan fingerprint density at radius 2 is 1.39 bits per heavy atom. The second kappa shape index (κ2) is 5.99. The normalized spacial score (nSPS) is 11.3. The van der Waals surface area contributed by atoms with Crippen LogP contribution in [-0.2, 0) is 4.79 Å². The number of carboxylic acids is 1. The van der Waals surface area contributed by atoms with Gasteiger partial charge in [-0.25, -0.2) is 14.8 Å². The van der Waals surface area contributed by atoms with Crippen LogP contribution in [0.1, 0.15) is 10.4 Å². The van der Waals surface area contributed by atoms with E-state index >= 15 is 0 Å². The molecule has 0 radical (unpaired) electrons. The summed E-state index contributed by atoms with van der Waals surface area (Å²) >= 11 is 0. The smallest absolute Gasteiger partial charge is 0.340 e. The third-order valence-corrected chi connectivity index (χ3v) is 4.79. The van der Waals surface area contributed by atoms with Gasteiger partial charge >= 0.3 is 5.97 Å². The maximum atomic E-state index is 12.1. The molecule has 0 atom stereocenters. The molecule has 5 aromatic rings. The number of nitrogens with zero attached hydrogens (tertiary/aromatic N) is 2. The van der Waals surface area contributed by atoms with Gasteiger partial charge < -0.3 is 9.84 Å².